The summed E-state index contributed by atoms with van der Waals surface area (Å²) in [5, 5.41) is 14.4. The van der Waals surface area contributed by atoms with Gasteiger partial charge in [-0.3, -0.25) is 0 Å². The van der Waals surface area contributed by atoms with Crippen LogP contribution in [-0.4, -0.2) is 11.1 Å². The maximum Gasteiger partial charge on any atom is 0.323 e. The van der Waals surface area contributed by atoms with Crippen molar-refractivity contribution in [3.63, 3.8) is 0 Å². The Morgan fingerprint density at radius 1 is 1.16 bits per heavy atom. The highest BCUT2D eigenvalue weighted by atomic mass is 19.1. The Bertz CT molecular complexity index is 614. The summed E-state index contributed by atoms with van der Waals surface area (Å²) in [7, 11) is 0. The number of urea groups is 1. The zero-order chi connectivity index (χ0) is 13.8. The summed E-state index contributed by atoms with van der Waals surface area (Å²) in [6, 6.07) is 10.1. The molecule has 98 valence electrons. The predicted octanol–water partition coefficient (Wildman–Crippen LogP) is 3.48. The van der Waals surface area contributed by atoms with Crippen molar-refractivity contribution in [2.24, 2.45) is 0 Å². The molecule has 0 bridgehead atoms. The van der Waals surface area contributed by atoms with Crippen molar-refractivity contribution in [3.05, 3.63) is 53.8 Å². The molecule has 0 aliphatic carbocycles. The molecular weight excluding hydrogens is 247 g/mol. The maximum atomic E-state index is 13.3. The van der Waals surface area contributed by atoms with Crippen LogP contribution < -0.4 is 10.6 Å². The lowest BCUT2D eigenvalue weighted by Gasteiger charge is -2.09. The van der Waals surface area contributed by atoms with Gasteiger partial charge < -0.3 is 15.7 Å². The van der Waals surface area contributed by atoms with Crippen LogP contribution in [-0.2, 0) is 0 Å². The first-order valence-corrected chi connectivity index (χ1v) is 5.68. The van der Waals surface area contributed by atoms with E-state index in [2.05, 4.69) is 10.6 Å². The van der Waals surface area contributed by atoms with Gasteiger partial charge in [0.05, 0.1) is 5.69 Å². The van der Waals surface area contributed by atoms with Crippen molar-refractivity contribution in [1.82, 2.24) is 0 Å². The van der Waals surface area contributed by atoms with E-state index in [4.69, 9.17) is 0 Å². The van der Waals surface area contributed by atoms with E-state index in [1.54, 1.807) is 25.1 Å². The highest BCUT2D eigenvalue weighted by molar-refractivity contribution is 5.99. The fraction of sp³-hybridized carbons (Fsp3) is 0.0714. The minimum absolute atomic E-state index is 0.0868. The molecule has 2 aromatic rings. The number of nitrogens with one attached hydrogen (secondary N) is 2. The molecule has 0 aliphatic rings. The summed E-state index contributed by atoms with van der Waals surface area (Å²) in [6.45, 7) is 1.75. The Hall–Kier alpha value is -2.56. The van der Waals surface area contributed by atoms with Crippen molar-refractivity contribution in [1.29, 1.82) is 0 Å². The molecule has 2 aromatic carbocycles. The Morgan fingerprint density at radius 3 is 2.58 bits per heavy atom. The molecule has 0 atom stereocenters. The SMILES string of the molecule is Cc1ccc(NC(=O)Nc2ccccc2F)cc1O. The summed E-state index contributed by atoms with van der Waals surface area (Å²) < 4.78 is 13.3. The predicted molar refractivity (Wildman–Crippen MR) is 71.9 cm³/mol. The molecule has 0 aliphatic heterocycles. The molecular formula is C14H13FN2O2. The number of aryl methyl sites for hydroxylation is 1. The van der Waals surface area contributed by atoms with E-state index in [1.165, 1.54) is 24.3 Å². The number of carbonyl (C=O) groups excluding carboxylic acids is 1. The van der Waals surface area contributed by atoms with E-state index < -0.39 is 11.8 Å². The normalized spacial score (nSPS) is 10.0. The largest absolute Gasteiger partial charge is 0.508 e. The number of benzene rings is 2. The van der Waals surface area contributed by atoms with Crippen LogP contribution in [0.15, 0.2) is 42.5 Å². The van der Waals surface area contributed by atoms with Gasteiger partial charge in [-0.15, -0.1) is 0 Å². The van der Waals surface area contributed by atoms with Crippen molar-refractivity contribution in [2.45, 2.75) is 6.92 Å². The van der Waals surface area contributed by atoms with Gasteiger partial charge in [-0.05, 0) is 30.7 Å². The highest BCUT2D eigenvalue weighted by Gasteiger charge is 2.07. The summed E-state index contributed by atoms with van der Waals surface area (Å²) in [4.78, 5) is 11.7. The van der Waals surface area contributed by atoms with Crippen LogP contribution in [0.25, 0.3) is 0 Å². The van der Waals surface area contributed by atoms with E-state index in [-0.39, 0.29) is 11.4 Å². The number of phenols is 1. The molecule has 0 heterocycles. The minimum atomic E-state index is -0.576. The lowest BCUT2D eigenvalue weighted by molar-refractivity contribution is 0.262. The zero-order valence-corrected chi connectivity index (χ0v) is 10.3. The smallest absolute Gasteiger partial charge is 0.323 e. The maximum absolute atomic E-state index is 13.3. The van der Waals surface area contributed by atoms with E-state index in [9.17, 15) is 14.3 Å². The van der Waals surface area contributed by atoms with Crippen LogP contribution in [0.3, 0.4) is 0 Å². The number of halogens is 1. The molecule has 4 nitrogen and oxygen atoms in total. The quantitative estimate of drug-likeness (QED) is 0.774. The average molecular weight is 260 g/mol. The number of carbonyl (C=O) groups is 1. The summed E-state index contributed by atoms with van der Waals surface area (Å²) in [6.07, 6.45) is 0. The number of hydrogen-bond acceptors (Lipinski definition) is 2. The summed E-state index contributed by atoms with van der Waals surface area (Å²) in [5.41, 5.74) is 1.23. The molecule has 2 rings (SSSR count). The number of phenolic OH excluding ortho intramolecular Hbond substituents is 1. The number of hydrogen-bond donors (Lipinski definition) is 3. The highest BCUT2D eigenvalue weighted by Crippen LogP contribution is 2.21. The summed E-state index contributed by atoms with van der Waals surface area (Å²) in [5.74, 6) is -0.423. The van der Waals surface area contributed by atoms with E-state index in [0.717, 1.165) is 0 Å². The van der Waals surface area contributed by atoms with Gasteiger partial charge in [0.25, 0.3) is 0 Å². The van der Waals surface area contributed by atoms with Crippen LogP contribution >= 0.6 is 0 Å². The van der Waals surface area contributed by atoms with Crippen LogP contribution in [0.1, 0.15) is 5.56 Å². The molecule has 2 amide bonds. The van der Waals surface area contributed by atoms with Gasteiger partial charge in [0, 0.05) is 11.8 Å². The lowest BCUT2D eigenvalue weighted by atomic mass is 10.2. The Morgan fingerprint density at radius 2 is 1.89 bits per heavy atom. The van der Waals surface area contributed by atoms with Crippen molar-refractivity contribution >= 4 is 17.4 Å². The molecule has 0 fully saturated rings. The second kappa shape index (κ2) is 5.39. The first-order chi connectivity index (χ1) is 9.06. The molecule has 5 heteroatoms. The van der Waals surface area contributed by atoms with Gasteiger partial charge >= 0.3 is 6.03 Å². The average Bonchev–Trinajstić information content (AvgIpc) is 2.37. The Balaban J connectivity index is 2.05. The number of aromatic hydroxyl groups is 1. The molecule has 3 N–H and O–H groups in total. The first kappa shape index (κ1) is 12.9. The third-order valence-electron chi connectivity index (χ3n) is 2.59. The Labute approximate surface area is 109 Å². The van der Waals surface area contributed by atoms with E-state index in [1.807, 2.05) is 0 Å². The molecule has 0 radical (unpaired) electrons. The fourth-order valence-corrected chi connectivity index (χ4v) is 1.53. The van der Waals surface area contributed by atoms with Crippen LogP contribution in [0, 0.1) is 12.7 Å². The monoisotopic (exact) mass is 260 g/mol. The third-order valence-corrected chi connectivity index (χ3v) is 2.59. The molecule has 0 spiro atoms. The molecule has 0 aromatic heterocycles. The van der Waals surface area contributed by atoms with Crippen LogP contribution in [0.2, 0.25) is 0 Å². The van der Waals surface area contributed by atoms with Crippen molar-refractivity contribution < 1.29 is 14.3 Å². The third kappa shape index (κ3) is 3.22. The van der Waals surface area contributed by atoms with Crippen LogP contribution in [0.5, 0.6) is 5.75 Å². The molecule has 0 saturated heterocycles. The molecule has 0 unspecified atom stereocenters. The topological polar surface area (TPSA) is 61.4 Å². The van der Waals surface area contributed by atoms with Gasteiger partial charge in [-0.2, -0.15) is 0 Å². The van der Waals surface area contributed by atoms with Gasteiger partial charge in [-0.25, -0.2) is 9.18 Å². The van der Waals surface area contributed by atoms with Gasteiger partial charge in [0.2, 0.25) is 0 Å². The van der Waals surface area contributed by atoms with E-state index in [0.29, 0.717) is 11.3 Å². The second-order valence-corrected chi connectivity index (χ2v) is 4.06. The van der Waals surface area contributed by atoms with Crippen molar-refractivity contribution in [2.75, 3.05) is 10.6 Å². The minimum Gasteiger partial charge on any atom is -0.508 e. The standard InChI is InChI=1S/C14H13FN2O2/c1-9-6-7-10(8-13(9)18)16-14(19)17-12-5-3-2-4-11(12)15/h2-8,18H,1H3,(H2,16,17,19). The van der Waals surface area contributed by atoms with Gasteiger partial charge in [0.1, 0.15) is 11.6 Å². The van der Waals surface area contributed by atoms with Crippen molar-refractivity contribution in [3.8, 4) is 5.75 Å². The first-order valence-electron chi connectivity index (χ1n) is 5.68. The molecule has 0 saturated carbocycles. The summed E-state index contributed by atoms with van der Waals surface area (Å²) >= 11 is 0. The fourth-order valence-electron chi connectivity index (χ4n) is 1.53. The Kier molecular flexibility index (Phi) is 3.66. The number of para-hydroxylation sites is 1. The van der Waals surface area contributed by atoms with Crippen LogP contribution in [0.4, 0.5) is 20.6 Å². The number of anilines is 2. The van der Waals surface area contributed by atoms with Gasteiger partial charge in [-0.1, -0.05) is 18.2 Å². The van der Waals surface area contributed by atoms with E-state index >= 15 is 0 Å². The second-order valence-electron chi connectivity index (χ2n) is 4.06. The zero-order valence-electron chi connectivity index (χ0n) is 10.3. The number of amides is 2. The number of rotatable bonds is 2. The lowest BCUT2D eigenvalue weighted by Crippen LogP contribution is -2.20. The molecule has 19 heavy (non-hydrogen) atoms. The van der Waals surface area contributed by atoms with Gasteiger partial charge in [0.15, 0.2) is 0 Å².